The van der Waals surface area contributed by atoms with Crippen molar-refractivity contribution in [1.82, 2.24) is 9.88 Å². The molecule has 0 saturated carbocycles. The van der Waals surface area contributed by atoms with Crippen molar-refractivity contribution in [2.75, 3.05) is 38.1 Å². The summed E-state index contributed by atoms with van der Waals surface area (Å²) in [5.74, 6) is -0.978. The van der Waals surface area contributed by atoms with Crippen LogP contribution in [0.2, 0.25) is 0 Å². The molecule has 0 unspecified atom stereocenters. The number of hydrogen-bond acceptors (Lipinski definition) is 4. The monoisotopic (exact) mass is 285 g/mol. The van der Waals surface area contributed by atoms with Crippen LogP contribution in [0, 0.1) is 0 Å². The lowest BCUT2D eigenvalue weighted by molar-refractivity contribution is 0.0691. The minimum absolute atomic E-state index is 0.112. The van der Waals surface area contributed by atoms with E-state index < -0.39 is 5.97 Å². The summed E-state index contributed by atoms with van der Waals surface area (Å²) in [4.78, 5) is 20.1. The average molecular weight is 285 g/mol. The molecule has 1 fully saturated rings. The maximum absolute atomic E-state index is 11.3. The molecule has 1 N–H and O–H groups in total. The summed E-state index contributed by atoms with van der Waals surface area (Å²) in [6.07, 6.45) is 1.08. The van der Waals surface area contributed by atoms with Crippen LogP contribution in [0.25, 0.3) is 10.9 Å². The molecule has 0 aliphatic carbocycles. The molecule has 0 amide bonds. The Labute approximate surface area is 123 Å². The summed E-state index contributed by atoms with van der Waals surface area (Å²) in [6.45, 7) is 3.91. The highest BCUT2D eigenvalue weighted by Crippen LogP contribution is 2.27. The molecule has 0 spiro atoms. The molecule has 3 rings (SSSR count). The summed E-state index contributed by atoms with van der Waals surface area (Å²) < 4.78 is 0. The zero-order valence-corrected chi connectivity index (χ0v) is 12.1. The maximum Gasteiger partial charge on any atom is 0.354 e. The van der Waals surface area contributed by atoms with Gasteiger partial charge in [-0.05, 0) is 32.1 Å². The zero-order valence-electron chi connectivity index (χ0n) is 12.1. The van der Waals surface area contributed by atoms with Crippen LogP contribution >= 0.6 is 0 Å². The lowest BCUT2D eigenvalue weighted by atomic mass is 10.1. The minimum atomic E-state index is -0.978. The first-order valence-corrected chi connectivity index (χ1v) is 7.22. The van der Waals surface area contributed by atoms with Gasteiger partial charge in [0.2, 0.25) is 0 Å². The van der Waals surface area contributed by atoms with Crippen molar-refractivity contribution in [3.63, 3.8) is 0 Å². The van der Waals surface area contributed by atoms with Gasteiger partial charge < -0.3 is 14.9 Å². The highest BCUT2D eigenvalue weighted by molar-refractivity contribution is 5.97. The number of likely N-dealkylation sites (N-methyl/N-ethyl adjacent to an activating group) is 1. The van der Waals surface area contributed by atoms with E-state index in [9.17, 15) is 9.90 Å². The minimum Gasteiger partial charge on any atom is -0.477 e. The van der Waals surface area contributed by atoms with E-state index in [1.165, 1.54) is 0 Å². The van der Waals surface area contributed by atoms with Crippen LogP contribution in [0.5, 0.6) is 0 Å². The van der Waals surface area contributed by atoms with Crippen molar-refractivity contribution in [3.8, 4) is 0 Å². The van der Waals surface area contributed by atoms with Gasteiger partial charge in [0.1, 0.15) is 0 Å². The fourth-order valence-electron chi connectivity index (χ4n) is 2.82. The standard InChI is InChI=1S/C16H19N3O2/c1-18-7-4-8-19(10-9-18)15-11-14(16(20)21)17-13-6-3-2-5-12(13)15/h2-3,5-6,11H,4,7-10H2,1H3,(H,20,21). The first-order valence-electron chi connectivity index (χ1n) is 7.22. The summed E-state index contributed by atoms with van der Waals surface area (Å²) in [6, 6.07) is 9.45. The fraction of sp³-hybridized carbons (Fsp3) is 0.375. The molecule has 0 bridgehead atoms. The molecule has 2 heterocycles. The number of hydrogen-bond donors (Lipinski definition) is 1. The van der Waals surface area contributed by atoms with Gasteiger partial charge in [-0.25, -0.2) is 9.78 Å². The van der Waals surface area contributed by atoms with Gasteiger partial charge in [0.25, 0.3) is 0 Å². The molecular formula is C16H19N3O2. The Morgan fingerprint density at radius 1 is 1.19 bits per heavy atom. The predicted molar refractivity (Wildman–Crippen MR) is 83.0 cm³/mol. The van der Waals surface area contributed by atoms with E-state index in [0.717, 1.165) is 49.2 Å². The van der Waals surface area contributed by atoms with Gasteiger partial charge in [-0.3, -0.25) is 0 Å². The average Bonchev–Trinajstić information content (AvgIpc) is 2.70. The topological polar surface area (TPSA) is 56.7 Å². The van der Waals surface area contributed by atoms with E-state index in [2.05, 4.69) is 21.8 Å². The second kappa shape index (κ2) is 5.69. The number of carboxylic acids is 1. The van der Waals surface area contributed by atoms with E-state index in [1.54, 1.807) is 6.07 Å². The van der Waals surface area contributed by atoms with Gasteiger partial charge in [0, 0.05) is 30.7 Å². The first-order chi connectivity index (χ1) is 10.1. The predicted octanol–water partition coefficient (Wildman–Crippen LogP) is 2.07. The number of aromatic carboxylic acids is 1. The van der Waals surface area contributed by atoms with Crippen LogP contribution in [0.15, 0.2) is 30.3 Å². The molecule has 1 aliphatic heterocycles. The van der Waals surface area contributed by atoms with E-state index in [1.807, 2.05) is 24.3 Å². The van der Waals surface area contributed by atoms with Crippen molar-refractivity contribution in [1.29, 1.82) is 0 Å². The first kappa shape index (κ1) is 13.8. The van der Waals surface area contributed by atoms with Gasteiger partial charge in [-0.1, -0.05) is 18.2 Å². The molecule has 5 heteroatoms. The van der Waals surface area contributed by atoms with E-state index >= 15 is 0 Å². The lowest BCUT2D eigenvalue weighted by Crippen LogP contribution is -2.29. The third-order valence-corrected chi connectivity index (χ3v) is 3.97. The quantitative estimate of drug-likeness (QED) is 0.915. The van der Waals surface area contributed by atoms with Crippen LogP contribution in [-0.4, -0.2) is 54.2 Å². The molecule has 2 aromatic rings. The SMILES string of the molecule is CN1CCCN(c2cc(C(=O)O)nc3ccccc23)CC1. The fourth-order valence-corrected chi connectivity index (χ4v) is 2.82. The number of benzene rings is 1. The van der Waals surface area contributed by atoms with Gasteiger partial charge >= 0.3 is 5.97 Å². The van der Waals surface area contributed by atoms with Crippen LogP contribution in [0.1, 0.15) is 16.9 Å². The van der Waals surface area contributed by atoms with Crippen molar-refractivity contribution in [3.05, 3.63) is 36.0 Å². The lowest BCUT2D eigenvalue weighted by Gasteiger charge is -2.24. The number of fused-ring (bicyclic) bond motifs is 1. The Morgan fingerprint density at radius 2 is 2.00 bits per heavy atom. The molecule has 0 radical (unpaired) electrons. The third-order valence-electron chi connectivity index (χ3n) is 3.97. The normalized spacial score (nSPS) is 16.9. The van der Waals surface area contributed by atoms with Gasteiger partial charge in [0.05, 0.1) is 5.52 Å². The Balaban J connectivity index is 2.09. The van der Waals surface area contributed by atoms with Crippen LogP contribution in [0.3, 0.4) is 0 Å². The number of aromatic nitrogens is 1. The number of nitrogens with zero attached hydrogens (tertiary/aromatic N) is 3. The summed E-state index contributed by atoms with van der Waals surface area (Å²) >= 11 is 0. The van der Waals surface area contributed by atoms with Crippen LogP contribution in [-0.2, 0) is 0 Å². The molecule has 21 heavy (non-hydrogen) atoms. The third kappa shape index (κ3) is 2.83. The Bertz CT molecular complexity index is 672. The largest absolute Gasteiger partial charge is 0.477 e. The van der Waals surface area contributed by atoms with Crippen molar-refractivity contribution < 1.29 is 9.90 Å². The molecule has 0 atom stereocenters. The summed E-state index contributed by atoms with van der Waals surface area (Å²) in [5.41, 5.74) is 1.83. The Hall–Kier alpha value is -2.14. The number of rotatable bonds is 2. The second-order valence-corrected chi connectivity index (χ2v) is 5.49. The van der Waals surface area contributed by atoms with E-state index in [0.29, 0.717) is 0 Å². The van der Waals surface area contributed by atoms with Crippen molar-refractivity contribution in [2.24, 2.45) is 0 Å². The number of pyridine rings is 1. The van der Waals surface area contributed by atoms with Crippen LogP contribution < -0.4 is 4.90 Å². The Kier molecular flexibility index (Phi) is 3.75. The van der Waals surface area contributed by atoms with E-state index in [4.69, 9.17) is 0 Å². The van der Waals surface area contributed by atoms with Gasteiger partial charge in [0.15, 0.2) is 5.69 Å². The molecule has 1 aromatic heterocycles. The number of carbonyl (C=O) groups is 1. The van der Waals surface area contributed by atoms with Crippen LogP contribution in [0.4, 0.5) is 5.69 Å². The highest BCUT2D eigenvalue weighted by atomic mass is 16.4. The van der Waals surface area contributed by atoms with Gasteiger partial charge in [-0.2, -0.15) is 0 Å². The molecular weight excluding hydrogens is 266 g/mol. The molecule has 1 saturated heterocycles. The number of carboxylic acid groups (broad SMARTS) is 1. The molecule has 110 valence electrons. The summed E-state index contributed by atoms with van der Waals surface area (Å²) in [7, 11) is 2.12. The van der Waals surface area contributed by atoms with E-state index in [-0.39, 0.29) is 5.69 Å². The maximum atomic E-state index is 11.3. The molecule has 1 aliphatic rings. The van der Waals surface area contributed by atoms with Crippen molar-refractivity contribution in [2.45, 2.75) is 6.42 Å². The van der Waals surface area contributed by atoms with Gasteiger partial charge in [-0.15, -0.1) is 0 Å². The van der Waals surface area contributed by atoms with Crippen molar-refractivity contribution >= 4 is 22.6 Å². The number of para-hydroxylation sites is 1. The smallest absolute Gasteiger partial charge is 0.354 e. The second-order valence-electron chi connectivity index (χ2n) is 5.49. The number of anilines is 1. The highest BCUT2D eigenvalue weighted by Gasteiger charge is 2.18. The molecule has 1 aromatic carbocycles. The zero-order chi connectivity index (χ0) is 14.8. The molecule has 5 nitrogen and oxygen atoms in total. The summed E-state index contributed by atoms with van der Waals surface area (Å²) in [5, 5.41) is 10.3. The Morgan fingerprint density at radius 3 is 2.81 bits per heavy atom.